The van der Waals surface area contributed by atoms with Gasteiger partial charge in [0, 0.05) is 11.3 Å². The van der Waals surface area contributed by atoms with Crippen LogP contribution in [0.2, 0.25) is 18.1 Å². The molecule has 0 fully saturated rings. The molecule has 0 aliphatic rings. The maximum atomic E-state index is 14.3. The number of benzene rings is 3. The van der Waals surface area contributed by atoms with E-state index in [1.165, 1.54) is 11.6 Å². The van der Waals surface area contributed by atoms with E-state index in [4.69, 9.17) is 13.9 Å². The second-order valence-corrected chi connectivity index (χ2v) is 17.4. The smallest absolute Gasteiger partial charge is 0.335 e. The molecule has 0 saturated carbocycles. The molecule has 3 rings (SSSR count). The van der Waals surface area contributed by atoms with Crippen LogP contribution in [-0.4, -0.2) is 39.5 Å². The third-order valence-electron chi connectivity index (χ3n) is 8.58. The molecule has 43 heavy (non-hydrogen) atoms. The highest BCUT2D eigenvalue weighted by molar-refractivity contribution is 6.74. The third kappa shape index (κ3) is 8.48. The molecule has 3 aromatic carbocycles. The van der Waals surface area contributed by atoms with Crippen molar-refractivity contribution in [3.05, 3.63) is 88.5 Å². The number of carboxylic acid groups (broad SMARTS) is 1. The highest BCUT2D eigenvalue weighted by Gasteiger charge is 2.43. The number of amides is 1. The van der Waals surface area contributed by atoms with Gasteiger partial charge in [0.2, 0.25) is 5.91 Å². The Morgan fingerprint density at radius 3 is 2.05 bits per heavy atom. The van der Waals surface area contributed by atoms with E-state index in [9.17, 15) is 14.7 Å². The zero-order valence-corrected chi connectivity index (χ0v) is 28.0. The van der Waals surface area contributed by atoms with Crippen LogP contribution in [0, 0.1) is 19.8 Å². The maximum Gasteiger partial charge on any atom is 0.335 e. The summed E-state index contributed by atoms with van der Waals surface area (Å²) in [4.78, 5) is 25.8. The van der Waals surface area contributed by atoms with Crippen molar-refractivity contribution in [2.24, 2.45) is 5.92 Å². The number of aromatic carboxylic acids is 1. The van der Waals surface area contributed by atoms with Gasteiger partial charge in [0.1, 0.15) is 11.5 Å². The van der Waals surface area contributed by atoms with Crippen LogP contribution in [0.4, 0.5) is 5.69 Å². The van der Waals surface area contributed by atoms with Crippen molar-refractivity contribution < 1.29 is 28.6 Å². The number of carbonyl (C=O) groups is 2. The number of nitrogens with one attached hydrogen (secondary N) is 1. The highest BCUT2D eigenvalue weighted by atomic mass is 28.4. The topological polar surface area (TPSA) is 94.1 Å². The van der Waals surface area contributed by atoms with Crippen LogP contribution >= 0.6 is 0 Å². The molecule has 2 N–H and O–H groups in total. The number of hydrogen-bond acceptors (Lipinski definition) is 5. The summed E-state index contributed by atoms with van der Waals surface area (Å²) in [6.45, 7) is 14.6. The standard InChI is InChI=1S/C35H47NO6Si/c1-23-20-27(18-19-28(23)34(38)39)36-33(37)29(17-13-16-25-14-11-10-12-15-25)32(42-43(8,9)35(3,4)5)26-21-30(40-6)24(2)31(22-26)41-7/h10-12,14-15,18-22,29,32H,13,16-17H2,1-9H3,(H,36,37)(H,38,39)/t29-,32-/m1/s1. The lowest BCUT2D eigenvalue weighted by molar-refractivity contribution is -0.123. The molecular weight excluding hydrogens is 558 g/mol. The van der Waals surface area contributed by atoms with Crippen molar-refractivity contribution in [2.75, 3.05) is 19.5 Å². The molecule has 1 amide bonds. The molecular formula is C35H47NO6Si. The normalized spacial score (nSPS) is 13.2. The minimum absolute atomic E-state index is 0.0983. The van der Waals surface area contributed by atoms with Gasteiger partial charge in [-0.3, -0.25) is 4.79 Å². The summed E-state index contributed by atoms with van der Waals surface area (Å²) in [6.07, 6.45) is 1.60. The van der Waals surface area contributed by atoms with Crippen LogP contribution in [0.3, 0.4) is 0 Å². The first-order valence-corrected chi connectivity index (χ1v) is 17.7. The van der Waals surface area contributed by atoms with Gasteiger partial charge in [-0.25, -0.2) is 4.79 Å². The lowest BCUT2D eigenvalue weighted by Crippen LogP contribution is -2.44. The molecule has 8 heteroatoms. The molecule has 0 heterocycles. The monoisotopic (exact) mass is 605 g/mol. The fourth-order valence-electron chi connectivity index (χ4n) is 4.95. The molecule has 0 radical (unpaired) electrons. The van der Waals surface area contributed by atoms with E-state index in [0.717, 1.165) is 24.0 Å². The summed E-state index contributed by atoms with van der Waals surface area (Å²) in [7, 11) is 0.876. The number of carbonyl (C=O) groups excluding carboxylic acids is 1. The van der Waals surface area contributed by atoms with Gasteiger partial charge in [0.25, 0.3) is 0 Å². The molecule has 0 aliphatic heterocycles. The average molecular weight is 606 g/mol. The Balaban J connectivity index is 2.10. The lowest BCUT2D eigenvalue weighted by atomic mass is 9.88. The van der Waals surface area contributed by atoms with Crippen molar-refractivity contribution in [2.45, 2.75) is 78.1 Å². The van der Waals surface area contributed by atoms with Gasteiger partial charge in [-0.2, -0.15) is 0 Å². The first kappa shape index (κ1) is 33.9. The molecule has 0 aromatic heterocycles. The van der Waals surface area contributed by atoms with E-state index < -0.39 is 26.3 Å². The zero-order valence-electron chi connectivity index (χ0n) is 27.0. The van der Waals surface area contributed by atoms with Gasteiger partial charge in [-0.05, 0) is 98.3 Å². The lowest BCUT2D eigenvalue weighted by Gasteiger charge is -2.41. The van der Waals surface area contributed by atoms with Crippen molar-refractivity contribution in [1.82, 2.24) is 0 Å². The number of aryl methyl sites for hydroxylation is 2. The second kappa shape index (κ2) is 14.2. The fourth-order valence-corrected chi connectivity index (χ4v) is 6.24. The minimum Gasteiger partial charge on any atom is -0.496 e. The zero-order chi connectivity index (χ0) is 31.9. The predicted octanol–water partition coefficient (Wildman–Crippen LogP) is 8.36. The molecule has 0 aliphatic carbocycles. The van der Waals surface area contributed by atoms with E-state index in [2.05, 4.69) is 51.3 Å². The van der Waals surface area contributed by atoms with Crippen LogP contribution in [-0.2, 0) is 15.6 Å². The number of rotatable bonds is 13. The minimum atomic E-state index is -2.38. The summed E-state index contributed by atoms with van der Waals surface area (Å²) in [5, 5.41) is 12.5. The largest absolute Gasteiger partial charge is 0.496 e. The summed E-state index contributed by atoms with van der Waals surface area (Å²) >= 11 is 0. The number of hydrogen-bond donors (Lipinski definition) is 2. The summed E-state index contributed by atoms with van der Waals surface area (Å²) in [5.41, 5.74) is 4.23. The molecule has 0 unspecified atom stereocenters. The fraction of sp³-hybridized carbons (Fsp3) is 0.429. The molecule has 0 saturated heterocycles. The van der Waals surface area contributed by atoms with Gasteiger partial charge >= 0.3 is 5.97 Å². The van der Waals surface area contributed by atoms with Gasteiger partial charge < -0.3 is 24.3 Å². The number of carboxylic acids is 1. The molecule has 0 bridgehead atoms. The van der Waals surface area contributed by atoms with Crippen molar-refractivity contribution in [1.29, 1.82) is 0 Å². The molecule has 2 atom stereocenters. The molecule has 0 spiro atoms. The van der Waals surface area contributed by atoms with E-state index >= 15 is 0 Å². The van der Waals surface area contributed by atoms with E-state index in [1.807, 2.05) is 37.3 Å². The van der Waals surface area contributed by atoms with E-state index in [-0.39, 0.29) is 16.5 Å². The van der Waals surface area contributed by atoms with Crippen LogP contribution in [0.25, 0.3) is 0 Å². The van der Waals surface area contributed by atoms with Gasteiger partial charge in [-0.15, -0.1) is 0 Å². The number of anilines is 1. The third-order valence-corrected chi connectivity index (χ3v) is 13.0. The Kier molecular flexibility index (Phi) is 11.2. The maximum absolute atomic E-state index is 14.3. The SMILES string of the molecule is COc1cc([C@@H](O[Si](C)(C)C(C)(C)C)[C@@H](CCCc2ccccc2)C(=O)Nc2ccc(C(=O)O)c(C)c2)cc(OC)c1C. The van der Waals surface area contributed by atoms with Crippen molar-refractivity contribution in [3.8, 4) is 11.5 Å². The Morgan fingerprint density at radius 2 is 1.53 bits per heavy atom. The molecule has 7 nitrogen and oxygen atoms in total. The number of ether oxygens (including phenoxy) is 2. The van der Waals surface area contributed by atoms with E-state index in [0.29, 0.717) is 29.2 Å². The summed E-state index contributed by atoms with van der Waals surface area (Å²) in [5.74, 6) is -0.394. The highest BCUT2D eigenvalue weighted by Crippen LogP contribution is 2.45. The first-order valence-electron chi connectivity index (χ1n) is 14.8. The Labute approximate surface area is 257 Å². The van der Waals surface area contributed by atoms with Gasteiger partial charge in [-0.1, -0.05) is 51.1 Å². The molecule has 232 valence electrons. The summed E-state index contributed by atoms with van der Waals surface area (Å²) in [6, 6.07) is 19.0. The quantitative estimate of drug-likeness (QED) is 0.190. The first-order chi connectivity index (χ1) is 20.2. The van der Waals surface area contributed by atoms with Crippen LogP contribution < -0.4 is 14.8 Å². The number of methoxy groups -OCH3 is 2. The molecule has 3 aromatic rings. The Morgan fingerprint density at radius 1 is 0.930 bits per heavy atom. The summed E-state index contributed by atoms with van der Waals surface area (Å²) < 4.78 is 18.6. The van der Waals surface area contributed by atoms with Crippen molar-refractivity contribution >= 4 is 25.9 Å². The van der Waals surface area contributed by atoms with Crippen molar-refractivity contribution in [3.63, 3.8) is 0 Å². The average Bonchev–Trinajstić information content (AvgIpc) is 2.94. The Bertz CT molecular complexity index is 1390. The predicted molar refractivity (Wildman–Crippen MR) is 175 cm³/mol. The van der Waals surface area contributed by atoms with Gasteiger partial charge in [0.05, 0.1) is 31.8 Å². The van der Waals surface area contributed by atoms with Gasteiger partial charge in [0.15, 0.2) is 8.32 Å². The van der Waals surface area contributed by atoms with Crippen LogP contribution in [0.1, 0.15) is 72.3 Å². The van der Waals surface area contributed by atoms with Crippen LogP contribution in [0.5, 0.6) is 11.5 Å². The Hall–Kier alpha value is -3.62. The van der Waals surface area contributed by atoms with E-state index in [1.54, 1.807) is 33.3 Å². The second-order valence-electron chi connectivity index (χ2n) is 12.7. The van der Waals surface area contributed by atoms with Crippen LogP contribution in [0.15, 0.2) is 60.7 Å².